The molecule has 2 atom stereocenters. The van der Waals surface area contributed by atoms with E-state index < -0.39 is 3.42 Å². The van der Waals surface area contributed by atoms with Crippen LogP contribution in [0.5, 0.6) is 11.5 Å². The van der Waals surface area contributed by atoms with E-state index in [9.17, 15) is 4.79 Å². The summed E-state index contributed by atoms with van der Waals surface area (Å²) in [4.78, 5) is 12.2. The Labute approximate surface area is 136 Å². The fourth-order valence-electron chi connectivity index (χ4n) is 1.95. The monoisotopic (exact) mass is 486 g/mol. The molecule has 0 bridgehead atoms. The summed E-state index contributed by atoms with van der Waals surface area (Å²) in [5.41, 5.74) is 1.13. The van der Waals surface area contributed by atoms with Gasteiger partial charge in [-0.25, -0.2) is 0 Å². The number of nitrogens with one attached hydrogen (secondary N) is 1. The molecule has 1 aromatic rings. The van der Waals surface area contributed by atoms with Crippen molar-refractivity contribution in [2.75, 3.05) is 6.61 Å². The quantitative estimate of drug-likeness (QED) is 0.114. The van der Waals surface area contributed by atoms with Crippen molar-refractivity contribution in [3.8, 4) is 11.5 Å². The van der Waals surface area contributed by atoms with Crippen LogP contribution in [0.2, 0.25) is 0 Å². The van der Waals surface area contributed by atoms with Gasteiger partial charge < -0.3 is 0 Å². The maximum absolute atomic E-state index is 12.2. The number of carbonyl (C=O) groups excluding carboxylic acids is 1. The number of ether oxygens (including phenoxy) is 2. The van der Waals surface area contributed by atoms with Crippen LogP contribution in [-0.4, -0.2) is 20.0 Å². The predicted molar refractivity (Wildman–Crippen MR) is 75.2 cm³/mol. The minimum atomic E-state index is -0.461. The van der Waals surface area contributed by atoms with Crippen molar-refractivity contribution in [3.63, 3.8) is 0 Å². The van der Waals surface area contributed by atoms with E-state index in [1.807, 2.05) is 25.1 Å². The zero-order valence-corrected chi connectivity index (χ0v) is 14.7. The summed E-state index contributed by atoms with van der Waals surface area (Å²) in [7, 11) is 0. The van der Waals surface area contributed by atoms with Gasteiger partial charge in [-0.15, -0.1) is 0 Å². The second-order valence-corrected chi connectivity index (χ2v) is 9.50. The first-order valence-electron chi connectivity index (χ1n) is 6.12. The first-order valence-corrected chi connectivity index (χ1v) is 9.52. The molecule has 2 heterocycles. The summed E-state index contributed by atoms with van der Waals surface area (Å²) in [6.45, 7) is 2.71. The Morgan fingerprint density at radius 1 is 1.63 bits per heavy atom. The van der Waals surface area contributed by atoms with E-state index in [-0.39, 0.29) is 27.4 Å². The molecular weight excluding hydrogens is 472 g/mol. The van der Waals surface area contributed by atoms with Gasteiger partial charge in [-0.05, 0) is 0 Å². The molecule has 0 saturated carbocycles. The number of fused-ring (bicyclic) bond motifs is 1. The van der Waals surface area contributed by atoms with Crippen LogP contribution in [0.3, 0.4) is 0 Å². The van der Waals surface area contributed by atoms with Crippen LogP contribution in [0.1, 0.15) is 18.9 Å². The molecule has 2 aliphatic heterocycles. The number of halogens is 2. The maximum atomic E-state index is 12.2. The van der Waals surface area contributed by atoms with Gasteiger partial charge >= 0.3 is 137 Å². The van der Waals surface area contributed by atoms with Crippen molar-refractivity contribution in [1.29, 1.82) is 0 Å². The fraction of sp³-hybridized carbons (Fsp3) is 0.462. The van der Waals surface area contributed by atoms with Crippen molar-refractivity contribution < 1.29 is 35.7 Å². The first kappa shape index (κ1) is 13.9. The van der Waals surface area contributed by atoms with Gasteiger partial charge in [0.1, 0.15) is 0 Å². The number of aryl methyl sites for hydroxylation is 1. The van der Waals surface area contributed by atoms with E-state index in [0.29, 0.717) is 9.80 Å². The van der Waals surface area contributed by atoms with Crippen LogP contribution < -0.4 is 34.5 Å². The van der Waals surface area contributed by atoms with Crippen LogP contribution in [0.25, 0.3) is 0 Å². The van der Waals surface area contributed by atoms with Crippen LogP contribution in [0.15, 0.2) is 18.2 Å². The summed E-state index contributed by atoms with van der Waals surface area (Å²) >= 11 is 2.18. The normalized spacial score (nSPS) is 24.2. The van der Waals surface area contributed by atoms with Crippen LogP contribution in [0.4, 0.5) is 0 Å². The van der Waals surface area contributed by atoms with Gasteiger partial charge in [0.15, 0.2) is 0 Å². The summed E-state index contributed by atoms with van der Waals surface area (Å²) in [6.07, 6.45) is 2.00. The van der Waals surface area contributed by atoms with Crippen molar-refractivity contribution in [2.24, 2.45) is 0 Å². The van der Waals surface area contributed by atoms with Gasteiger partial charge in [-0.3, -0.25) is 0 Å². The summed E-state index contributed by atoms with van der Waals surface area (Å²) in [6, 6.07) is 5.63. The zero-order valence-electron chi connectivity index (χ0n) is 10.4. The molecule has 2 aliphatic rings. The molecule has 0 aromatic heterocycles. The zero-order chi connectivity index (χ0) is 13.5. The molecule has 0 radical (unpaired) electrons. The van der Waals surface area contributed by atoms with Gasteiger partial charge in [0.25, 0.3) is 0 Å². The van der Waals surface area contributed by atoms with Gasteiger partial charge in [0.2, 0.25) is 0 Å². The Kier molecular flexibility index (Phi) is 3.91. The van der Waals surface area contributed by atoms with E-state index in [2.05, 4.69) is 26.1 Å². The Morgan fingerprint density at radius 2 is 2.42 bits per heavy atom. The van der Waals surface area contributed by atoms with Gasteiger partial charge in [0, 0.05) is 0 Å². The summed E-state index contributed by atoms with van der Waals surface area (Å²) in [5.74, 6) is 1.37. The number of alkyl halides is 2. The standard InChI is InChI=1S/C13H14I2NO3/c1-13(14,11-15-16-11)12(17)19-9-4-5-10-8(7-9)3-2-6-18-10/h4-5,7,11,16H,2-3,6H2,1H3/q-1. The van der Waals surface area contributed by atoms with Crippen molar-refractivity contribution in [1.82, 2.24) is 3.53 Å². The number of carbonyl (C=O) groups is 1. The van der Waals surface area contributed by atoms with Crippen LogP contribution >= 0.6 is 22.6 Å². The average molecular weight is 486 g/mol. The second kappa shape index (κ2) is 5.36. The first-order chi connectivity index (χ1) is 9.07. The molecule has 1 aromatic carbocycles. The molecule has 0 aliphatic carbocycles. The Morgan fingerprint density at radius 3 is 3.16 bits per heavy atom. The van der Waals surface area contributed by atoms with Gasteiger partial charge in [-0.1, -0.05) is 0 Å². The number of hydrogen-bond donors (Lipinski definition) is 1. The third-order valence-electron chi connectivity index (χ3n) is 3.18. The fourth-order valence-corrected chi connectivity index (χ4v) is 5.24. The molecule has 1 N–H and O–H groups in total. The van der Waals surface area contributed by atoms with Crippen molar-refractivity contribution >= 4 is 28.6 Å². The van der Waals surface area contributed by atoms with Gasteiger partial charge in [0.05, 0.1) is 0 Å². The Hall–Kier alpha value is -0.0900. The molecule has 2 unspecified atom stereocenters. The molecule has 1 fully saturated rings. The molecule has 104 valence electrons. The van der Waals surface area contributed by atoms with E-state index in [0.717, 1.165) is 30.8 Å². The van der Waals surface area contributed by atoms with Crippen molar-refractivity contribution in [2.45, 2.75) is 27.2 Å². The number of esters is 1. The van der Waals surface area contributed by atoms with E-state index >= 15 is 0 Å². The molecular formula is C13H14I2NO3-. The molecule has 3 rings (SSSR count). The number of rotatable bonds is 3. The minimum absolute atomic E-state index is 0.0123. The third kappa shape index (κ3) is 2.99. The molecule has 4 nitrogen and oxygen atoms in total. The number of hydrogen-bond acceptors (Lipinski definition) is 4. The van der Waals surface area contributed by atoms with Crippen LogP contribution in [0, 0.1) is 0 Å². The molecule has 0 spiro atoms. The third-order valence-corrected chi connectivity index (χ3v) is 7.93. The molecule has 6 heteroatoms. The Balaban J connectivity index is 1.74. The SMILES string of the molecule is CC(I)(C(=O)Oc1ccc2c(c1)CCCO2)C1N[I-]1. The van der Waals surface area contributed by atoms with Crippen LogP contribution in [-0.2, 0) is 11.2 Å². The summed E-state index contributed by atoms with van der Waals surface area (Å²) < 4.78 is 14.2. The molecule has 19 heavy (non-hydrogen) atoms. The predicted octanol–water partition coefficient (Wildman–Crippen LogP) is -0.956. The topological polar surface area (TPSA) is 57.5 Å². The average Bonchev–Trinajstić information content (AvgIpc) is 3.23. The molecule has 1 saturated heterocycles. The van der Waals surface area contributed by atoms with E-state index in [1.165, 1.54) is 0 Å². The second-order valence-electron chi connectivity index (χ2n) is 4.77. The Bertz CT molecular complexity index is 515. The van der Waals surface area contributed by atoms with Gasteiger partial charge in [-0.2, -0.15) is 0 Å². The molecule has 0 amide bonds. The summed E-state index contributed by atoms with van der Waals surface area (Å²) in [5, 5.41) is 0. The van der Waals surface area contributed by atoms with Crippen molar-refractivity contribution in [3.05, 3.63) is 23.8 Å². The van der Waals surface area contributed by atoms with E-state index in [4.69, 9.17) is 9.47 Å². The number of benzene rings is 1. The van der Waals surface area contributed by atoms with E-state index in [1.54, 1.807) is 0 Å².